The second kappa shape index (κ2) is 11.3. The van der Waals surface area contributed by atoms with Gasteiger partial charge in [0.05, 0.1) is 12.2 Å². The lowest BCUT2D eigenvalue weighted by atomic mass is 9.78. The minimum atomic E-state index is -8.15. The van der Waals surface area contributed by atoms with E-state index in [1.165, 1.54) is 13.8 Å². The third-order valence-electron chi connectivity index (χ3n) is 5.58. The summed E-state index contributed by atoms with van der Waals surface area (Å²) in [6.07, 6.45) is -39.2. The predicted molar refractivity (Wildman–Crippen MR) is 103 cm³/mol. The molecule has 234 valence electrons. The van der Waals surface area contributed by atoms with E-state index in [2.05, 4.69) is 4.74 Å². The van der Waals surface area contributed by atoms with E-state index in [1.54, 1.807) is 20.8 Å². The van der Waals surface area contributed by atoms with E-state index < -0.39 is 77.4 Å². The fraction of sp³-hybridized carbons (Fsp3) is 0.905. The van der Waals surface area contributed by atoms with Crippen LogP contribution >= 0.6 is 0 Å². The van der Waals surface area contributed by atoms with Gasteiger partial charge in [0.1, 0.15) is 0 Å². The summed E-state index contributed by atoms with van der Waals surface area (Å²) in [7, 11) is 0. The summed E-state index contributed by atoms with van der Waals surface area (Å²) >= 11 is 0. The molecule has 2 unspecified atom stereocenters. The Kier molecular flexibility index (Phi) is 10.8. The molecule has 0 spiro atoms. The maximum Gasteiger partial charge on any atom is 0.449 e. The van der Waals surface area contributed by atoms with E-state index in [0.717, 1.165) is 0 Å². The van der Waals surface area contributed by atoms with E-state index in [9.17, 15) is 74.6 Å². The second-order valence-corrected chi connectivity index (χ2v) is 10.1. The highest BCUT2D eigenvalue weighted by atomic mass is 19.4. The number of allylic oxidation sites excluding steroid dienone is 2. The van der Waals surface area contributed by atoms with Crippen LogP contribution in [-0.2, 0) is 4.74 Å². The third kappa shape index (κ3) is 7.97. The SMILES string of the molecule is CCCC(COC(=C(C(F)(C(F)(F)F)C(F)(F)F)C(F)(C(F)(F)F)C(F)(F)F)C(F)(F)F)C(C)CC(C)(C)C. The van der Waals surface area contributed by atoms with Crippen LogP contribution in [0.2, 0.25) is 0 Å². The Bertz CT molecular complexity index is 765. The summed E-state index contributed by atoms with van der Waals surface area (Å²) in [5.74, 6) is -6.52. The zero-order valence-corrected chi connectivity index (χ0v) is 20.8. The van der Waals surface area contributed by atoms with Gasteiger partial charge in [-0.25, -0.2) is 8.78 Å². The lowest BCUT2D eigenvalue weighted by molar-refractivity contribution is -0.366. The molecule has 0 saturated heterocycles. The minimum absolute atomic E-state index is 0.0523. The number of rotatable bonds is 9. The van der Waals surface area contributed by atoms with Gasteiger partial charge in [-0.3, -0.25) is 0 Å². The van der Waals surface area contributed by atoms with Crippen LogP contribution in [0.4, 0.5) is 74.6 Å². The van der Waals surface area contributed by atoms with Crippen molar-refractivity contribution in [3.63, 3.8) is 0 Å². The van der Waals surface area contributed by atoms with Gasteiger partial charge < -0.3 is 4.74 Å². The molecule has 0 radical (unpaired) electrons. The van der Waals surface area contributed by atoms with Crippen molar-refractivity contribution in [1.82, 2.24) is 0 Å². The molecule has 0 aliphatic rings. The first-order chi connectivity index (χ1) is 16.8. The Hall–Kier alpha value is -1.65. The second-order valence-electron chi connectivity index (χ2n) is 10.1. The van der Waals surface area contributed by atoms with Gasteiger partial charge in [-0.1, -0.05) is 41.0 Å². The fourth-order valence-corrected chi connectivity index (χ4v) is 3.96. The normalized spacial score (nSPS) is 16.7. The first-order valence-corrected chi connectivity index (χ1v) is 10.9. The average Bonchev–Trinajstić information content (AvgIpc) is 2.63. The molecule has 0 saturated carbocycles. The van der Waals surface area contributed by atoms with Crippen LogP contribution < -0.4 is 0 Å². The molecule has 0 aromatic heterocycles. The summed E-state index contributed by atoms with van der Waals surface area (Å²) < 4.78 is 234. The van der Waals surface area contributed by atoms with Crippen molar-refractivity contribution in [1.29, 1.82) is 0 Å². The Balaban J connectivity index is 7.89. The fourth-order valence-electron chi connectivity index (χ4n) is 3.96. The highest BCUT2D eigenvalue weighted by Crippen LogP contribution is 2.63. The molecule has 0 aromatic carbocycles. The topological polar surface area (TPSA) is 9.23 Å². The molecule has 0 bridgehead atoms. The Morgan fingerprint density at radius 1 is 0.615 bits per heavy atom. The molecule has 2 atom stereocenters. The molecule has 0 N–H and O–H groups in total. The molecule has 0 heterocycles. The van der Waals surface area contributed by atoms with Crippen molar-refractivity contribution < 1.29 is 79.4 Å². The van der Waals surface area contributed by atoms with Crippen LogP contribution in [0.15, 0.2) is 11.3 Å². The monoisotopic (exact) mass is 616 g/mol. The summed E-state index contributed by atoms with van der Waals surface area (Å²) in [5.41, 5.74) is -22.3. The molecule has 0 amide bonds. The van der Waals surface area contributed by atoms with E-state index in [0.29, 0.717) is 0 Å². The van der Waals surface area contributed by atoms with Gasteiger partial charge in [0.15, 0.2) is 0 Å². The summed E-state index contributed by atoms with van der Waals surface area (Å²) in [6, 6.07) is 0. The smallest absolute Gasteiger partial charge is 0.449 e. The third-order valence-corrected chi connectivity index (χ3v) is 5.58. The van der Waals surface area contributed by atoms with Crippen molar-refractivity contribution in [3.8, 4) is 0 Å². The van der Waals surface area contributed by atoms with Crippen molar-refractivity contribution >= 4 is 0 Å². The summed E-state index contributed by atoms with van der Waals surface area (Å²) in [6.45, 7) is 5.77. The van der Waals surface area contributed by atoms with Crippen LogP contribution in [-0.4, -0.2) is 48.8 Å². The molecule has 0 aromatic rings. The number of halogens is 17. The van der Waals surface area contributed by atoms with E-state index in [1.807, 2.05) is 0 Å². The number of hydrogen-bond acceptors (Lipinski definition) is 1. The van der Waals surface area contributed by atoms with E-state index >= 15 is 0 Å². The molecule has 0 fully saturated rings. The van der Waals surface area contributed by atoms with Crippen LogP contribution in [0.3, 0.4) is 0 Å². The highest BCUT2D eigenvalue weighted by molar-refractivity contribution is 5.40. The summed E-state index contributed by atoms with van der Waals surface area (Å²) in [4.78, 5) is 0. The van der Waals surface area contributed by atoms with Gasteiger partial charge in [0.25, 0.3) is 0 Å². The number of ether oxygens (including phenoxy) is 1. The molecule has 0 rings (SSSR count). The highest BCUT2D eigenvalue weighted by Gasteiger charge is 2.87. The molecular formula is C21H25F17O. The van der Waals surface area contributed by atoms with Gasteiger partial charge in [-0.05, 0) is 30.1 Å². The Morgan fingerprint density at radius 3 is 1.18 bits per heavy atom. The predicted octanol–water partition coefficient (Wildman–Crippen LogP) is 9.97. The number of hydrogen-bond donors (Lipinski definition) is 0. The van der Waals surface area contributed by atoms with Gasteiger partial charge in [-0.2, -0.15) is 65.9 Å². The van der Waals surface area contributed by atoms with Crippen molar-refractivity contribution in [2.45, 2.75) is 96.1 Å². The molecular weight excluding hydrogens is 591 g/mol. The van der Waals surface area contributed by atoms with Crippen molar-refractivity contribution in [2.24, 2.45) is 17.3 Å². The quantitative estimate of drug-likeness (QED) is 0.185. The maximum absolute atomic E-state index is 14.7. The first kappa shape index (κ1) is 37.4. The molecule has 1 nitrogen and oxygen atoms in total. The van der Waals surface area contributed by atoms with Crippen LogP contribution in [0, 0.1) is 17.3 Å². The molecule has 18 heteroatoms. The van der Waals surface area contributed by atoms with Gasteiger partial charge in [0.2, 0.25) is 5.76 Å². The van der Waals surface area contributed by atoms with Crippen molar-refractivity contribution in [3.05, 3.63) is 11.3 Å². The van der Waals surface area contributed by atoms with Crippen LogP contribution in [0.25, 0.3) is 0 Å². The standard InChI is InChI=1S/C21H25F17O/c1-6-7-11(10(2)8-14(3,4)5)9-39-13(17(24,25)26)12(15(22,18(27,28)29)19(30,31)32)16(23,20(33,34)35)21(36,37)38/h10-11H,6-9H2,1-5H3. The van der Waals surface area contributed by atoms with Crippen molar-refractivity contribution in [2.75, 3.05) is 6.61 Å². The first-order valence-electron chi connectivity index (χ1n) is 10.9. The average molecular weight is 616 g/mol. The molecule has 0 aliphatic carbocycles. The number of alkyl halides is 17. The van der Waals surface area contributed by atoms with Gasteiger partial charge in [0, 0.05) is 0 Å². The molecule has 0 aliphatic heterocycles. The van der Waals surface area contributed by atoms with Gasteiger partial charge >= 0.3 is 42.2 Å². The lowest BCUT2D eigenvalue weighted by Gasteiger charge is -2.41. The van der Waals surface area contributed by atoms with E-state index in [4.69, 9.17) is 0 Å². The van der Waals surface area contributed by atoms with Gasteiger partial charge in [-0.15, -0.1) is 0 Å². The molecule has 39 heavy (non-hydrogen) atoms. The minimum Gasteiger partial charge on any atom is -0.488 e. The van der Waals surface area contributed by atoms with Crippen LogP contribution in [0.5, 0.6) is 0 Å². The maximum atomic E-state index is 14.7. The van der Waals surface area contributed by atoms with E-state index in [-0.39, 0.29) is 19.3 Å². The zero-order valence-electron chi connectivity index (χ0n) is 20.8. The Morgan fingerprint density at radius 2 is 0.949 bits per heavy atom. The largest absolute Gasteiger partial charge is 0.488 e. The zero-order chi connectivity index (χ0) is 31.8. The van der Waals surface area contributed by atoms with Crippen LogP contribution in [0.1, 0.15) is 53.9 Å². The lowest BCUT2D eigenvalue weighted by Crippen LogP contribution is -2.66. The Labute approximate surface area is 211 Å². The summed E-state index contributed by atoms with van der Waals surface area (Å²) in [5, 5.41) is 0.